The summed E-state index contributed by atoms with van der Waals surface area (Å²) in [5.41, 5.74) is 4.47. The number of hydrogen-bond donors (Lipinski definition) is 2. The molecule has 3 N–H and O–H groups in total. The first kappa shape index (κ1) is 13.8. The van der Waals surface area contributed by atoms with Gasteiger partial charge in [0.2, 0.25) is 0 Å². The van der Waals surface area contributed by atoms with E-state index in [1.165, 1.54) is 0 Å². The molecule has 2 rings (SSSR count). The van der Waals surface area contributed by atoms with Crippen molar-refractivity contribution in [3.8, 4) is 0 Å². The van der Waals surface area contributed by atoms with E-state index >= 15 is 0 Å². The van der Waals surface area contributed by atoms with Gasteiger partial charge in [-0.1, -0.05) is 0 Å². The molecular weight excluding hydrogens is 244 g/mol. The maximum absolute atomic E-state index is 12.6. The molecule has 0 saturated carbocycles. The van der Waals surface area contributed by atoms with Crippen LogP contribution in [-0.2, 0) is 4.74 Å². The number of nitrogens with zero attached hydrogens (tertiary/aromatic N) is 2. The molecule has 0 aliphatic carbocycles. The Morgan fingerprint density at radius 2 is 2.32 bits per heavy atom. The van der Waals surface area contributed by atoms with Crippen LogP contribution in [0.4, 0.5) is 5.69 Å². The van der Waals surface area contributed by atoms with E-state index < -0.39 is 0 Å². The number of ether oxygens (including phenoxy) is 1. The predicted octanol–water partition coefficient (Wildman–Crippen LogP) is 0.925. The standard InChI is InChI=1S/C13H20N4O2/c1-8-4-12(16-14)11(5-15-8)13(18)17-6-10(3)19-7-9(17)2/h4-5,9-10H,6-7,14H2,1-3H3,(H,15,16). The molecule has 0 spiro atoms. The van der Waals surface area contributed by atoms with Crippen molar-refractivity contribution in [3.05, 3.63) is 23.5 Å². The van der Waals surface area contributed by atoms with Crippen molar-refractivity contribution in [1.29, 1.82) is 0 Å². The quantitative estimate of drug-likeness (QED) is 0.613. The lowest BCUT2D eigenvalue weighted by Crippen LogP contribution is -2.50. The Morgan fingerprint density at radius 1 is 1.58 bits per heavy atom. The van der Waals surface area contributed by atoms with Gasteiger partial charge in [-0.05, 0) is 26.8 Å². The molecule has 104 valence electrons. The largest absolute Gasteiger partial charge is 0.375 e. The fourth-order valence-corrected chi connectivity index (χ4v) is 2.19. The highest BCUT2D eigenvalue weighted by Gasteiger charge is 2.29. The van der Waals surface area contributed by atoms with Gasteiger partial charge >= 0.3 is 0 Å². The molecule has 6 nitrogen and oxygen atoms in total. The number of nitrogen functional groups attached to an aromatic ring is 1. The van der Waals surface area contributed by atoms with Crippen LogP contribution in [0.1, 0.15) is 29.9 Å². The van der Waals surface area contributed by atoms with Gasteiger partial charge in [0.25, 0.3) is 5.91 Å². The zero-order valence-corrected chi connectivity index (χ0v) is 11.5. The van der Waals surface area contributed by atoms with E-state index in [1.807, 2.05) is 20.8 Å². The minimum atomic E-state index is -0.0666. The number of hydrogen-bond acceptors (Lipinski definition) is 5. The number of hydrazine groups is 1. The Labute approximate surface area is 112 Å². The van der Waals surface area contributed by atoms with E-state index in [4.69, 9.17) is 10.6 Å². The molecule has 1 amide bonds. The molecule has 0 bridgehead atoms. The van der Waals surface area contributed by atoms with E-state index in [0.29, 0.717) is 24.4 Å². The van der Waals surface area contributed by atoms with Crippen LogP contribution in [0.15, 0.2) is 12.3 Å². The fraction of sp³-hybridized carbons (Fsp3) is 0.538. The van der Waals surface area contributed by atoms with Crippen LogP contribution < -0.4 is 11.3 Å². The molecule has 0 aromatic carbocycles. The summed E-state index contributed by atoms with van der Waals surface area (Å²) in [6.45, 7) is 6.92. The Bertz CT molecular complexity index is 478. The molecule has 2 unspecified atom stereocenters. The number of carbonyl (C=O) groups excluding carboxylic acids is 1. The third kappa shape index (κ3) is 2.85. The summed E-state index contributed by atoms with van der Waals surface area (Å²) >= 11 is 0. The SMILES string of the molecule is Cc1cc(NN)c(C(=O)N2CC(C)OCC2C)cn1. The van der Waals surface area contributed by atoms with Crippen LogP contribution in [0.2, 0.25) is 0 Å². The highest BCUT2D eigenvalue weighted by atomic mass is 16.5. The van der Waals surface area contributed by atoms with Gasteiger partial charge in [-0.3, -0.25) is 15.6 Å². The highest BCUT2D eigenvalue weighted by molar-refractivity contribution is 5.99. The summed E-state index contributed by atoms with van der Waals surface area (Å²) in [6, 6.07) is 1.82. The topological polar surface area (TPSA) is 80.5 Å². The number of amides is 1. The van der Waals surface area contributed by atoms with Gasteiger partial charge in [0.15, 0.2) is 0 Å². The molecule has 0 radical (unpaired) electrons. The monoisotopic (exact) mass is 264 g/mol. The van der Waals surface area contributed by atoms with Crippen LogP contribution >= 0.6 is 0 Å². The van der Waals surface area contributed by atoms with Crippen molar-refractivity contribution in [1.82, 2.24) is 9.88 Å². The summed E-state index contributed by atoms with van der Waals surface area (Å²) in [5, 5.41) is 0. The van der Waals surface area contributed by atoms with Crippen molar-refractivity contribution in [2.24, 2.45) is 5.84 Å². The Morgan fingerprint density at radius 3 is 3.00 bits per heavy atom. The molecule has 1 aliphatic rings. The normalized spacial score (nSPS) is 23.3. The Balaban J connectivity index is 2.28. The number of anilines is 1. The molecule has 1 aromatic heterocycles. The summed E-state index contributed by atoms with van der Waals surface area (Å²) in [5.74, 6) is 5.41. The van der Waals surface area contributed by atoms with Gasteiger partial charge in [0.05, 0.1) is 30.0 Å². The van der Waals surface area contributed by atoms with Crippen molar-refractivity contribution in [2.75, 3.05) is 18.6 Å². The summed E-state index contributed by atoms with van der Waals surface area (Å²) in [7, 11) is 0. The third-order valence-electron chi connectivity index (χ3n) is 3.30. The first-order valence-electron chi connectivity index (χ1n) is 6.38. The molecule has 19 heavy (non-hydrogen) atoms. The molecule has 6 heteroatoms. The van der Waals surface area contributed by atoms with Gasteiger partial charge in [-0.2, -0.15) is 0 Å². The fourth-order valence-electron chi connectivity index (χ4n) is 2.19. The van der Waals surface area contributed by atoms with Gasteiger partial charge in [-0.25, -0.2) is 0 Å². The van der Waals surface area contributed by atoms with Crippen LogP contribution in [0, 0.1) is 6.92 Å². The molecule has 1 saturated heterocycles. The molecular formula is C13H20N4O2. The van der Waals surface area contributed by atoms with E-state index in [2.05, 4.69) is 10.4 Å². The van der Waals surface area contributed by atoms with Crippen molar-refractivity contribution < 1.29 is 9.53 Å². The molecule has 2 atom stereocenters. The second-order valence-corrected chi connectivity index (χ2v) is 4.97. The number of aryl methyl sites for hydroxylation is 1. The molecule has 1 aliphatic heterocycles. The highest BCUT2D eigenvalue weighted by Crippen LogP contribution is 2.20. The second-order valence-electron chi connectivity index (χ2n) is 4.97. The third-order valence-corrected chi connectivity index (χ3v) is 3.30. The molecule has 1 aromatic rings. The van der Waals surface area contributed by atoms with E-state index in [9.17, 15) is 4.79 Å². The minimum absolute atomic E-state index is 0.0489. The lowest BCUT2D eigenvalue weighted by molar-refractivity contribution is -0.0386. The minimum Gasteiger partial charge on any atom is -0.375 e. The number of pyridine rings is 1. The summed E-state index contributed by atoms with van der Waals surface area (Å²) < 4.78 is 5.53. The van der Waals surface area contributed by atoms with Gasteiger partial charge in [-0.15, -0.1) is 0 Å². The average molecular weight is 264 g/mol. The van der Waals surface area contributed by atoms with Crippen LogP contribution in [0.5, 0.6) is 0 Å². The van der Waals surface area contributed by atoms with Gasteiger partial charge in [0, 0.05) is 18.4 Å². The second kappa shape index (κ2) is 5.54. The van der Waals surface area contributed by atoms with Crippen LogP contribution in [0.3, 0.4) is 0 Å². The number of morpholine rings is 1. The molecule has 1 fully saturated rings. The van der Waals surface area contributed by atoms with E-state index in [-0.39, 0.29) is 18.1 Å². The predicted molar refractivity (Wildman–Crippen MR) is 72.7 cm³/mol. The van der Waals surface area contributed by atoms with Crippen molar-refractivity contribution in [2.45, 2.75) is 32.9 Å². The maximum atomic E-state index is 12.6. The number of aromatic nitrogens is 1. The zero-order chi connectivity index (χ0) is 14.0. The van der Waals surface area contributed by atoms with Crippen LogP contribution in [-0.4, -0.2) is 41.1 Å². The van der Waals surface area contributed by atoms with Crippen molar-refractivity contribution >= 4 is 11.6 Å². The lowest BCUT2D eigenvalue weighted by atomic mass is 10.1. The van der Waals surface area contributed by atoms with Gasteiger partial charge in [0.1, 0.15) is 0 Å². The maximum Gasteiger partial charge on any atom is 0.257 e. The lowest BCUT2D eigenvalue weighted by Gasteiger charge is -2.37. The number of nitrogens with two attached hydrogens (primary N) is 1. The number of nitrogens with one attached hydrogen (secondary N) is 1. The van der Waals surface area contributed by atoms with Crippen molar-refractivity contribution in [3.63, 3.8) is 0 Å². The average Bonchev–Trinajstić information content (AvgIpc) is 2.40. The molecule has 2 heterocycles. The smallest absolute Gasteiger partial charge is 0.257 e. The first-order valence-corrected chi connectivity index (χ1v) is 6.38. The van der Waals surface area contributed by atoms with E-state index in [1.54, 1.807) is 17.2 Å². The Kier molecular flexibility index (Phi) is 4.01. The van der Waals surface area contributed by atoms with Gasteiger partial charge < -0.3 is 15.1 Å². The number of carbonyl (C=O) groups is 1. The summed E-state index contributed by atoms with van der Waals surface area (Å²) in [4.78, 5) is 18.6. The first-order chi connectivity index (χ1) is 9.02. The van der Waals surface area contributed by atoms with E-state index in [0.717, 1.165) is 5.69 Å². The number of rotatable bonds is 2. The van der Waals surface area contributed by atoms with Crippen LogP contribution in [0.25, 0.3) is 0 Å². The Hall–Kier alpha value is -1.66. The summed E-state index contributed by atoms with van der Waals surface area (Å²) in [6.07, 6.45) is 1.62. The zero-order valence-electron chi connectivity index (χ0n) is 11.5.